The molecule has 3 heterocycles. The maximum Gasteiger partial charge on any atom is 0.255 e. The second-order valence-electron chi connectivity index (χ2n) is 8.33. The summed E-state index contributed by atoms with van der Waals surface area (Å²) in [6.45, 7) is 1.42. The zero-order valence-electron chi connectivity index (χ0n) is 22.7. The Morgan fingerprint density at radius 1 is 1.03 bits per heavy atom. The lowest BCUT2D eigenvalue weighted by atomic mass is 10.1. The van der Waals surface area contributed by atoms with Crippen molar-refractivity contribution in [2.24, 2.45) is 0 Å². The third-order valence-electron chi connectivity index (χ3n) is 5.47. The number of pyridine rings is 1. The molecule has 178 valence electrons. The average Bonchev–Trinajstić information content (AvgIpc) is 3.35. The van der Waals surface area contributed by atoms with Crippen molar-refractivity contribution >= 4 is 23.2 Å². The molecular formula is C28H25N7O. The molecule has 0 spiro atoms. The van der Waals surface area contributed by atoms with E-state index >= 15 is 0 Å². The number of anilines is 3. The Morgan fingerprint density at radius 2 is 1.94 bits per heavy atom. The van der Waals surface area contributed by atoms with Gasteiger partial charge in [-0.25, -0.2) is 15.0 Å². The van der Waals surface area contributed by atoms with Crippen molar-refractivity contribution in [3.8, 4) is 16.9 Å². The summed E-state index contributed by atoms with van der Waals surface area (Å²) in [7, 11) is 0. The van der Waals surface area contributed by atoms with Crippen LogP contribution < -0.4 is 10.6 Å². The van der Waals surface area contributed by atoms with Gasteiger partial charge in [0.15, 0.2) is 0 Å². The van der Waals surface area contributed by atoms with Crippen LogP contribution in [0.3, 0.4) is 0 Å². The highest BCUT2D eigenvalue weighted by Gasteiger charge is 2.12. The monoisotopic (exact) mass is 478 g/mol. The molecule has 0 saturated carbocycles. The van der Waals surface area contributed by atoms with Crippen molar-refractivity contribution in [1.82, 2.24) is 24.5 Å². The first-order valence-electron chi connectivity index (χ1n) is 12.7. The van der Waals surface area contributed by atoms with Gasteiger partial charge in [-0.05, 0) is 80.4 Å². The van der Waals surface area contributed by atoms with E-state index in [1.807, 2.05) is 48.9 Å². The summed E-state index contributed by atoms with van der Waals surface area (Å²) >= 11 is 0. The Kier molecular flexibility index (Phi) is 5.29. The van der Waals surface area contributed by atoms with E-state index in [4.69, 9.17) is 4.11 Å². The van der Waals surface area contributed by atoms with Crippen LogP contribution in [0, 0.1) is 20.7 Å². The van der Waals surface area contributed by atoms with E-state index < -0.39 is 12.8 Å². The summed E-state index contributed by atoms with van der Waals surface area (Å²) in [5, 5.41) is 5.91. The molecule has 3 aromatic heterocycles. The molecule has 0 aliphatic carbocycles. The number of benzene rings is 2. The molecule has 2 aromatic carbocycles. The number of rotatable bonds is 6. The third kappa shape index (κ3) is 5.12. The molecule has 0 radical (unpaired) electrons. The van der Waals surface area contributed by atoms with Crippen LogP contribution in [0.1, 0.15) is 31.3 Å². The van der Waals surface area contributed by atoms with Crippen LogP contribution in [-0.2, 0) is 0 Å². The number of hydrogen-bond acceptors (Lipinski definition) is 6. The Hall–Kier alpha value is -4.85. The standard InChI is InChI=1S/C28H25N7O/c1-18-11-23(14-24(12-18)35-16-20(3)31-17-35)32-27(36)21-7-6-19(2)26(13-21)34-28-30-10-8-25(33-28)22-5-4-9-29-15-22/h4-17H,1-3H3,(H,32,36)(H,30,33,34)/i2D3. The molecule has 8 nitrogen and oxygen atoms in total. The fourth-order valence-corrected chi connectivity index (χ4v) is 3.75. The number of aromatic nitrogens is 5. The van der Waals surface area contributed by atoms with Crippen LogP contribution in [0.4, 0.5) is 17.3 Å². The smallest absolute Gasteiger partial charge is 0.255 e. The Balaban J connectivity index is 1.44. The Labute approximate surface area is 213 Å². The highest BCUT2D eigenvalue weighted by atomic mass is 16.1. The average molecular weight is 479 g/mol. The van der Waals surface area contributed by atoms with Gasteiger partial charge in [0.25, 0.3) is 5.91 Å². The summed E-state index contributed by atoms with van der Waals surface area (Å²) in [5.74, 6) is -0.197. The van der Waals surface area contributed by atoms with Gasteiger partial charge in [-0.2, -0.15) is 0 Å². The molecule has 0 aliphatic rings. The summed E-state index contributed by atoms with van der Waals surface area (Å²) in [5.41, 5.74) is 5.23. The molecule has 0 atom stereocenters. The van der Waals surface area contributed by atoms with Crippen molar-refractivity contribution in [3.05, 3.63) is 108 Å². The quantitative estimate of drug-likeness (QED) is 0.328. The number of carbonyl (C=O) groups is 1. The first-order valence-corrected chi connectivity index (χ1v) is 11.2. The van der Waals surface area contributed by atoms with Crippen LogP contribution >= 0.6 is 0 Å². The number of nitrogens with zero attached hydrogens (tertiary/aromatic N) is 5. The normalized spacial score (nSPS) is 12.3. The summed E-state index contributed by atoms with van der Waals surface area (Å²) < 4.78 is 25.8. The number of aryl methyl sites for hydroxylation is 3. The molecule has 5 rings (SSSR count). The molecule has 2 N–H and O–H groups in total. The van der Waals surface area contributed by atoms with E-state index in [0.717, 1.165) is 22.5 Å². The van der Waals surface area contributed by atoms with Crippen LogP contribution in [-0.4, -0.2) is 30.4 Å². The van der Waals surface area contributed by atoms with E-state index in [-0.39, 0.29) is 22.8 Å². The van der Waals surface area contributed by atoms with Gasteiger partial charge in [-0.3, -0.25) is 9.78 Å². The first kappa shape index (κ1) is 19.5. The lowest BCUT2D eigenvalue weighted by Crippen LogP contribution is -2.13. The third-order valence-corrected chi connectivity index (χ3v) is 5.47. The number of nitrogens with one attached hydrogen (secondary N) is 2. The maximum atomic E-state index is 13.2. The number of hydrogen-bond donors (Lipinski definition) is 2. The molecule has 8 heteroatoms. The maximum absolute atomic E-state index is 13.2. The molecule has 5 aromatic rings. The molecule has 0 aliphatic heterocycles. The zero-order valence-corrected chi connectivity index (χ0v) is 19.7. The van der Waals surface area contributed by atoms with Gasteiger partial charge in [-0.15, -0.1) is 0 Å². The lowest BCUT2D eigenvalue weighted by Gasteiger charge is -2.13. The number of imidazole rings is 1. The molecule has 0 saturated heterocycles. The van der Waals surface area contributed by atoms with Crippen molar-refractivity contribution in [2.75, 3.05) is 10.6 Å². The van der Waals surface area contributed by atoms with Gasteiger partial charge < -0.3 is 15.2 Å². The molecule has 0 bridgehead atoms. The van der Waals surface area contributed by atoms with Crippen molar-refractivity contribution < 1.29 is 8.91 Å². The topological polar surface area (TPSA) is 97.6 Å². The number of carbonyl (C=O) groups excluding carboxylic acids is 1. The minimum atomic E-state index is -2.42. The second kappa shape index (κ2) is 9.79. The van der Waals surface area contributed by atoms with Crippen molar-refractivity contribution in [3.63, 3.8) is 0 Å². The molecular weight excluding hydrogens is 450 g/mol. The van der Waals surface area contributed by atoms with Crippen LogP contribution in [0.5, 0.6) is 0 Å². The molecule has 1 amide bonds. The largest absolute Gasteiger partial charge is 0.324 e. The highest BCUT2D eigenvalue weighted by Crippen LogP contribution is 2.24. The van der Waals surface area contributed by atoms with Gasteiger partial charge in [-0.1, -0.05) is 6.07 Å². The SMILES string of the molecule is [2H]C([2H])([2H])c1ccc(C(=O)Nc2cc(C)cc(-n3cnc(C)c3)c2)cc1Nc1nccc(-c2cccnc2)n1. The molecule has 0 unspecified atom stereocenters. The van der Waals surface area contributed by atoms with Crippen LogP contribution in [0.2, 0.25) is 0 Å². The van der Waals surface area contributed by atoms with Crippen molar-refractivity contribution in [1.29, 1.82) is 0 Å². The lowest BCUT2D eigenvalue weighted by molar-refractivity contribution is 0.102. The van der Waals surface area contributed by atoms with Crippen LogP contribution in [0.15, 0.2) is 85.7 Å². The van der Waals surface area contributed by atoms with E-state index in [1.54, 1.807) is 37.1 Å². The predicted molar refractivity (Wildman–Crippen MR) is 141 cm³/mol. The summed E-state index contributed by atoms with van der Waals surface area (Å²) in [6, 6.07) is 15.5. The van der Waals surface area contributed by atoms with Gasteiger partial charge in [0.1, 0.15) is 0 Å². The van der Waals surface area contributed by atoms with E-state index in [1.165, 1.54) is 18.2 Å². The van der Waals surface area contributed by atoms with Gasteiger partial charge >= 0.3 is 0 Å². The Morgan fingerprint density at radius 3 is 2.72 bits per heavy atom. The number of amides is 1. The van der Waals surface area contributed by atoms with Crippen molar-refractivity contribution in [2.45, 2.75) is 20.7 Å². The molecule has 36 heavy (non-hydrogen) atoms. The van der Waals surface area contributed by atoms with E-state index in [9.17, 15) is 4.79 Å². The Bertz CT molecular complexity index is 1650. The molecule has 0 fully saturated rings. The van der Waals surface area contributed by atoms with Gasteiger partial charge in [0, 0.05) is 57.1 Å². The van der Waals surface area contributed by atoms with Gasteiger partial charge in [0.2, 0.25) is 5.95 Å². The summed E-state index contributed by atoms with van der Waals surface area (Å²) in [6.07, 6.45) is 8.53. The minimum absolute atomic E-state index is 0.0442. The summed E-state index contributed by atoms with van der Waals surface area (Å²) in [4.78, 5) is 30.4. The first-order chi connectivity index (χ1) is 18.7. The minimum Gasteiger partial charge on any atom is -0.324 e. The predicted octanol–water partition coefficient (Wildman–Crippen LogP) is 5.65. The zero-order chi connectivity index (χ0) is 27.6. The fourth-order valence-electron chi connectivity index (χ4n) is 3.75. The van der Waals surface area contributed by atoms with Gasteiger partial charge in [0.05, 0.1) is 17.7 Å². The fraction of sp³-hybridized carbons (Fsp3) is 0.107. The highest BCUT2D eigenvalue weighted by molar-refractivity contribution is 6.05. The van der Waals surface area contributed by atoms with E-state index in [2.05, 4.69) is 30.6 Å². The second-order valence-corrected chi connectivity index (χ2v) is 8.33. The van der Waals surface area contributed by atoms with Crippen LogP contribution in [0.25, 0.3) is 16.9 Å². The van der Waals surface area contributed by atoms with E-state index in [0.29, 0.717) is 11.4 Å².